The van der Waals surface area contributed by atoms with Gasteiger partial charge in [-0.1, -0.05) is 0 Å². The molecule has 0 spiro atoms. The van der Waals surface area contributed by atoms with Crippen LogP contribution in [-0.4, -0.2) is 38.8 Å². The highest BCUT2D eigenvalue weighted by molar-refractivity contribution is 5.46. The maximum absolute atomic E-state index is 5.01. The van der Waals surface area contributed by atoms with E-state index in [0.717, 1.165) is 38.0 Å². The van der Waals surface area contributed by atoms with Crippen molar-refractivity contribution in [2.75, 3.05) is 38.8 Å². The number of ether oxygens (including phenoxy) is 1. The van der Waals surface area contributed by atoms with Crippen LogP contribution in [0.1, 0.15) is 24.0 Å². The van der Waals surface area contributed by atoms with Gasteiger partial charge in [-0.3, -0.25) is 0 Å². The van der Waals surface area contributed by atoms with Gasteiger partial charge in [0.1, 0.15) is 5.82 Å². The molecule has 106 valence electrons. The monoisotopic (exact) mass is 263 g/mol. The number of hydrogen-bond donors (Lipinski definition) is 1. The van der Waals surface area contributed by atoms with E-state index in [4.69, 9.17) is 4.74 Å². The fourth-order valence-corrected chi connectivity index (χ4v) is 2.30. The molecule has 1 N–H and O–H groups in total. The molecule has 0 unspecified atom stereocenters. The molecule has 0 aromatic carbocycles. The van der Waals surface area contributed by atoms with Gasteiger partial charge < -0.3 is 15.0 Å². The van der Waals surface area contributed by atoms with Crippen molar-refractivity contribution >= 4 is 5.82 Å². The third-order valence-electron chi connectivity index (χ3n) is 3.51. The second-order valence-electron chi connectivity index (χ2n) is 5.48. The van der Waals surface area contributed by atoms with Gasteiger partial charge in [0.25, 0.3) is 0 Å². The zero-order valence-corrected chi connectivity index (χ0v) is 12.3. The summed E-state index contributed by atoms with van der Waals surface area (Å²) in [6, 6.07) is 2.23. The Balaban J connectivity index is 1.88. The lowest BCUT2D eigenvalue weighted by Crippen LogP contribution is -2.23. The number of aryl methyl sites for hydroxylation is 1. The Bertz CT molecular complexity index is 404. The fourth-order valence-electron chi connectivity index (χ4n) is 2.30. The largest absolute Gasteiger partial charge is 0.383 e. The van der Waals surface area contributed by atoms with Crippen molar-refractivity contribution in [3.63, 3.8) is 0 Å². The number of nitrogens with zero attached hydrogens (tertiary/aromatic N) is 2. The maximum atomic E-state index is 5.01. The van der Waals surface area contributed by atoms with Gasteiger partial charge in [0.05, 0.1) is 6.61 Å². The summed E-state index contributed by atoms with van der Waals surface area (Å²) in [7, 11) is 3.86. The zero-order valence-electron chi connectivity index (χ0n) is 12.3. The first kappa shape index (κ1) is 14.3. The summed E-state index contributed by atoms with van der Waals surface area (Å²) in [5, 5.41) is 3.34. The summed E-state index contributed by atoms with van der Waals surface area (Å²) < 4.78 is 5.01. The summed E-state index contributed by atoms with van der Waals surface area (Å²) in [5.74, 6) is 2.01. The van der Waals surface area contributed by atoms with Crippen molar-refractivity contribution in [1.82, 2.24) is 10.3 Å². The Morgan fingerprint density at radius 1 is 1.47 bits per heavy atom. The molecule has 0 bridgehead atoms. The highest BCUT2D eigenvalue weighted by Gasteiger charge is 2.23. The predicted molar refractivity (Wildman–Crippen MR) is 78.6 cm³/mol. The van der Waals surface area contributed by atoms with Crippen molar-refractivity contribution in [2.24, 2.45) is 5.92 Å². The number of nitrogens with one attached hydrogen (secondary N) is 1. The smallest absolute Gasteiger partial charge is 0.131 e. The third kappa shape index (κ3) is 4.48. The molecular formula is C15H25N3O. The minimum absolute atomic E-state index is 0.745. The van der Waals surface area contributed by atoms with Gasteiger partial charge in [0, 0.05) is 40.0 Å². The van der Waals surface area contributed by atoms with Crippen molar-refractivity contribution in [3.8, 4) is 0 Å². The molecule has 1 aromatic heterocycles. The van der Waals surface area contributed by atoms with Crippen LogP contribution >= 0.6 is 0 Å². The minimum Gasteiger partial charge on any atom is -0.383 e. The molecule has 1 aliphatic carbocycles. The van der Waals surface area contributed by atoms with E-state index in [2.05, 4.69) is 35.2 Å². The van der Waals surface area contributed by atoms with Crippen LogP contribution in [0.15, 0.2) is 12.3 Å². The topological polar surface area (TPSA) is 37.4 Å². The molecule has 0 saturated heterocycles. The second-order valence-corrected chi connectivity index (χ2v) is 5.48. The van der Waals surface area contributed by atoms with Crippen molar-refractivity contribution in [3.05, 3.63) is 23.4 Å². The Morgan fingerprint density at radius 2 is 2.26 bits per heavy atom. The van der Waals surface area contributed by atoms with Gasteiger partial charge in [-0.05, 0) is 42.9 Å². The van der Waals surface area contributed by atoms with E-state index in [0.29, 0.717) is 0 Å². The quantitative estimate of drug-likeness (QED) is 0.728. The van der Waals surface area contributed by atoms with E-state index >= 15 is 0 Å². The number of pyridine rings is 1. The van der Waals surface area contributed by atoms with Crippen LogP contribution in [0.4, 0.5) is 5.82 Å². The van der Waals surface area contributed by atoms with Crippen LogP contribution in [0.5, 0.6) is 0 Å². The molecule has 1 aromatic rings. The van der Waals surface area contributed by atoms with Gasteiger partial charge in [-0.2, -0.15) is 0 Å². The van der Waals surface area contributed by atoms with Crippen LogP contribution in [0.25, 0.3) is 0 Å². The Hall–Kier alpha value is -1.13. The summed E-state index contributed by atoms with van der Waals surface area (Å²) >= 11 is 0. The first-order valence-electron chi connectivity index (χ1n) is 7.07. The normalized spacial score (nSPS) is 14.7. The number of methoxy groups -OCH3 is 1. The number of rotatable bonds is 8. The number of aromatic nitrogens is 1. The number of anilines is 1. The standard InChI is InChI=1S/C15H25N3O/c1-12-8-14(9-16-6-7-19-3)10-17-15(12)18(2)11-13-4-5-13/h8,10,13,16H,4-7,9,11H2,1-3H3. The van der Waals surface area contributed by atoms with Gasteiger partial charge >= 0.3 is 0 Å². The fraction of sp³-hybridized carbons (Fsp3) is 0.667. The van der Waals surface area contributed by atoms with Crippen LogP contribution in [-0.2, 0) is 11.3 Å². The second kappa shape index (κ2) is 6.87. The summed E-state index contributed by atoms with van der Waals surface area (Å²) in [6.07, 6.45) is 4.74. The molecule has 0 aliphatic heterocycles. The highest BCUT2D eigenvalue weighted by Crippen LogP contribution is 2.31. The third-order valence-corrected chi connectivity index (χ3v) is 3.51. The average Bonchev–Trinajstić information content (AvgIpc) is 3.18. The summed E-state index contributed by atoms with van der Waals surface area (Å²) in [5.41, 5.74) is 2.49. The van der Waals surface area contributed by atoms with E-state index in [1.807, 2.05) is 6.20 Å². The van der Waals surface area contributed by atoms with Crippen LogP contribution in [0, 0.1) is 12.8 Å². The highest BCUT2D eigenvalue weighted by atomic mass is 16.5. The van der Waals surface area contributed by atoms with Crippen molar-refractivity contribution in [2.45, 2.75) is 26.3 Å². The van der Waals surface area contributed by atoms with Gasteiger partial charge in [-0.25, -0.2) is 4.98 Å². The lowest BCUT2D eigenvalue weighted by atomic mass is 10.2. The molecule has 0 amide bonds. The lowest BCUT2D eigenvalue weighted by Gasteiger charge is -2.20. The Morgan fingerprint density at radius 3 is 2.89 bits per heavy atom. The molecule has 19 heavy (non-hydrogen) atoms. The molecule has 1 saturated carbocycles. The SMILES string of the molecule is COCCNCc1cnc(N(C)CC2CC2)c(C)c1. The van der Waals surface area contributed by atoms with Gasteiger partial charge in [0.2, 0.25) is 0 Å². The first-order valence-corrected chi connectivity index (χ1v) is 7.07. The predicted octanol–water partition coefficient (Wildman–Crippen LogP) is 1.97. The summed E-state index contributed by atoms with van der Waals surface area (Å²) in [4.78, 5) is 6.90. The molecule has 1 fully saturated rings. The van der Waals surface area contributed by atoms with Gasteiger partial charge in [0.15, 0.2) is 0 Å². The number of hydrogen-bond acceptors (Lipinski definition) is 4. The van der Waals surface area contributed by atoms with Crippen LogP contribution in [0.3, 0.4) is 0 Å². The Labute approximate surface area is 116 Å². The summed E-state index contributed by atoms with van der Waals surface area (Å²) in [6.45, 7) is 5.75. The van der Waals surface area contributed by atoms with E-state index < -0.39 is 0 Å². The van der Waals surface area contributed by atoms with Crippen molar-refractivity contribution < 1.29 is 4.74 Å². The van der Waals surface area contributed by atoms with E-state index in [9.17, 15) is 0 Å². The Kier molecular flexibility index (Phi) is 5.16. The molecule has 0 radical (unpaired) electrons. The average molecular weight is 263 g/mol. The molecule has 0 atom stereocenters. The van der Waals surface area contributed by atoms with E-state index in [1.54, 1.807) is 7.11 Å². The van der Waals surface area contributed by atoms with Gasteiger partial charge in [-0.15, -0.1) is 0 Å². The molecule has 1 aliphatic rings. The minimum atomic E-state index is 0.745. The first-order chi connectivity index (χ1) is 9.20. The molecule has 1 heterocycles. The molecule has 2 rings (SSSR count). The van der Waals surface area contributed by atoms with Crippen LogP contribution in [0.2, 0.25) is 0 Å². The van der Waals surface area contributed by atoms with Crippen LogP contribution < -0.4 is 10.2 Å². The molecular weight excluding hydrogens is 238 g/mol. The maximum Gasteiger partial charge on any atom is 0.131 e. The van der Waals surface area contributed by atoms with E-state index in [1.165, 1.54) is 24.0 Å². The zero-order chi connectivity index (χ0) is 13.7. The van der Waals surface area contributed by atoms with E-state index in [-0.39, 0.29) is 0 Å². The lowest BCUT2D eigenvalue weighted by molar-refractivity contribution is 0.199. The molecule has 4 nitrogen and oxygen atoms in total. The molecule has 4 heteroatoms. The van der Waals surface area contributed by atoms with Crippen molar-refractivity contribution in [1.29, 1.82) is 0 Å².